The molecule has 0 N–H and O–H groups in total. The molecule has 0 bridgehead atoms. The highest BCUT2D eigenvalue weighted by Crippen LogP contribution is 2.33. The van der Waals surface area contributed by atoms with E-state index in [1.165, 1.54) is 37.3 Å². The van der Waals surface area contributed by atoms with Crippen molar-refractivity contribution in [2.24, 2.45) is 0 Å². The lowest BCUT2D eigenvalue weighted by molar-refractivity contribution is -0.00000935. The Morgan fingerprint density at radius 1 is 0.829 bits per heavy atom. The molecule has 0 aliphatic rings. The smallest absolute Gasteiger partial charge is 0.762 e. The first-order valence-electron chi connectivity index (χ1n) is 10.9. The zero-order valence-corrected chi connectivity index (χ0v) is 20.4. The van der Waals surface area contributed by atoms with E-state index in [9.17, 15) is 12.9 Å². The molecular formula is C28H26BF4NS. The number of hydrogen-bond acceptors (Lipinski definition) is 1. The van der Waals surface area contributed by atoms with Crippen LogP contribution in [0.25, 0.3) is 26.6 Å². The number of anilines is 1. The molecule has 0 aliphatic carbocycles. The SMILES string of the molecule is CN(C)c1ccc(/C=C/C=C/Cc2cc(-c3ccccc3)[s+]c3ccccc23)cc1.FB(F)F.[F-]. The second-order valence-corrected chi connectivity index (χ2v) is 8.81. The summed E-state index contributed by atoms with van der Waals surface area (Å²) < 4.78 is 30.3. The van der Waals surface area contributed by atoms with Gasteiger partial charge in [-0.1, -0.05) is 66.8 Å². The Balaban J connectivity index is 0.000000804. The van der Waals surface area contributed by atoms with Crippen molar-refractivity contribution in [3.05, 3.63) is 114 Å². The lowest BCUT2D eigenvalue weighted by Crippen LogP contribution is -3.00. The molecule has 3 aromatic carbocycles. The maximum Gasteiger partial charge on any atom is 0.762 e. The standard InChI is InChI=1S/C28H26NS.BF3.FH/c1-29(2)25-19-17-22(18-20-25)11-5-3-8-14-24-21-28(23-12-6-4-7-13-23)30-27-16-10-9-15-26(24)27;2-1(3)4;/h3-13,15-21H,14H2,1-2H3;;1H/q+1;;/p-1/b8-3+,11-5+;;. The van der Waals surface area contributed by atoms with Crippen LogP contribution in [0.2, 0.25) is 0 Å². The second kappa shape index (κ2) is 14.1. The van der Waals surface area contributed by atoms with Crippen LogP contribution >= 0.6 is 11.3 Å². The number of rotatable bonds is 6. The normalized spacial score (nSPS) is 10.7. The molecule has 4 rings (SSSR count). The third-order valence-corrected chi connectivity index (χ3v) is 6.25. The van der Waals surface area contributed by atoms with E-state index >= 15 is 0 Å². The number of allylic oxidation sites excluding steroid dienone is 3. The largest absolute Gasteiger partial charge is 1.00 e. The molecular weight excluding hydrogens is 469 g/mol. The van der Waals surface area contributed by atoms with Gasteiger partial charge in [-0.15, -0.1) is 0 Å². The minimum Gasteiger partial charge on any atom is -1.00 e. The summed E-state index contributed by atoms with van der Waals surface area (Å²) in [6, 6.07) is 30.3. The molecule has 0 aliphatic heterocycles. The summed E-state index contributed by atoms with van der Waals surface area (Å²) in [7, 11) is 0.454. The summed E-state index contributed by atoms with van der Waals surface area (Å²) in [5.41, 5.74) is 5.07. The fraction of sp³-hybridized carbons (Fsp3) is 0.107. The molecule has 0 unspecified atom stereocenters. The van der Waals surface area contributed by atoms with Gasteiger partial charge in [0.15, 0.2) is 0 Å². The van der Waals surface area contributed by atoms with Gasteiger partial charge in [-0.3, -0.25) is 12.9 Å². The predicted octanol–water partition coefficient (Wildman–Crippen LogP) is 5.61. The predicted molar refractivity (Wildman–Crippen MR) is 143 cm³/mol. The van der Waals surface area contributed by atoms with E-state index in [0.717, 1.165) is 6.42 Å². The zero-order valence-electron chi connectivity index (χ0n) is 19.5. The van der Waals surface area contributed by atoms with Crippen LogP contribution in [0.1, 0.15) is 11.1 Å². The lowest BCUT2D eigenvalue weighted by Gasteiger charge is -2.11. The number of nitrogens with zero attached hydrogens (tertiary/aromatic N) is 1. The molecule has 0 amide bonds. The summed E-state index contributed by atoms with van der Waals surface area (Å²) in [4.78, 5) is 3.43. The van der Waals surface area contributed by atoms with E-state index in [4.69, 9.17) is 0 Å². The van der Waals surface area contributed by atoms with Crippen LogP contribution < -0.4 is 9.60 Å². The van der Waals surface area contributed by atoms with Crippen molar-refractivity contribution in [2.45, 2.75) is 6.42 Å². The summed E-state index contributed by atoms with van der Waals surface area (Å²) in [6.07, 6.45) is 9.57. The number of benzene rings is 3. The molecule has 0 spiro atoms. The highest BCUT2D eigenvalue weighted by Gasteiger charge is 2.16. The van der Waals surface area contributed by atoms with Crippen molar-refractivity contribution in [1.29, 1.82) is 0 Å². The Labute approximate surface area is 208 Å². The van der Waals surface area contributed by atoms with Crippen molar-refractivity contribution < 1.29 is 17.7 Å². The number of hydrogen-bond donors (Lipinski definition) is 0. The van der Waals surface area contributed by atoms with Gasteiger partial charge in [0.25, 0.3) is 0 Å². The maximum absolute atomic E-state index is 9.67. The van der Waals surface area contributed by atoms with Crippen LogP contribution in [0, 0.1) is 0 Å². The topological polar surface area (TPSA) is 3.24 Å². The number of fused-ring (bicyclic) bond motifs is 1. The summed E-state index contributed by atoms with van der Waals surface area (Å²) in [6.45, 7) is 0. The van der Waals surface area contributed by atoms with Crippen LogP contribution in [-0.4, -0.2) is 21.6 Å². The van der Waals surface area contributed by atoms with Crippen molar-refractivity contribution in [3.8, 4) is 10.4 Å². The molecule has 1 nitrogen and oxygen atoms in total. The molecule has 0 radical (unpaired) electrons. The van der Waals surface area contributed by atoms with E-state index in [0.29, 0.717) is 0 Å². The van der Waals surface area contributed by atoms with Gasteiger partial charge in [0, 0.05) is 42.9 Å². The maximum atomic E-state index is 9.67. The summed E-state index contributed by atoms with van der Waals surface area (Å²) in [5.74, 6) is 0. The molecule has 180 valence electrons. The van der Waals surface area contributed by atoms with Crippen LogP contribution in [0.3, 0.4) is 0 Å². The Kier molecular flexibility index (Phi) is 11.2. The van der Waals surface area contributed by atoms with Gasteiger partial charge in [-0.2, -0.15) is 0 Å². The molecule has 0 atom stereocenters. The minimum absolute atomic E-state index is 0. The molecule has 7 heteroatoms. The van der Waals surface area contributed by atoms with Gasteiger partial charge in [-0.25, -0.2) is 0 Å². The minimum atomic E-state index is -3.67. The van der Waals surface area contributed by atoms with Crippen LogP contribution in [-0.2, 0) is 6.42 Å². The van der Waals surface area contributed by atoms with Gasteiger partial charge in [-0.05, 0) is 47.9 Å². The van der Waals surface area contributed by atoms with Gasteiger partial charge < -0.3 is 9.60 Å². The Bertz CT molecular complexity index is 1240. The molecule has 4 aromatic rings. The quantitative estimate of drug-likeness (QED) is 0.146. The highest BCUT2D eigenvalue weighted by molar-refractivity contribution is 7.21. The van der Waals surface area contributed by atoms with Gasteiger partial charge in [0.1, 0.15) is 0 Å². The van der Waals surface area contributed by atoms with E-state index in [2.05, 4.69) is 128 Å². The fourth-order valence-electron chi connectivity index (χ4n) is 3.44. The van der Waals surface area contributed by atoms with Crippen LogP contribution in [0.4, 0.5) is 18.6 Å². The van der Waals surface area contributed by atoms with Crippen LogP contribution in [0.15, 0.2) is 103 Å². The van der Waals surface area contributed by atoms with Crippen molar-refractivity contribution in [2.75, 3.05) is 19.0 Å². The molecule has 0 fully saturated rings. The first-order valence-corrected chi connectivity index (χ1v) is 11.7. The Hall–Kier alpha value is -3.45. The van der Waals surface area contributed by atoms with Gasteiger partial charge >= 0.3 is 7.54 Å². The molecule has 35 heavy (non-hydrogen) atoms. The molecule has 0 saturated carbocycles. The van der Waals surface area contributed by atoms with E-state index in [1.54, 1.807) is 0 Å². The monoisotopic (exact) mass is 495 g/mol. The van der Waals surface area contributed by atoms with Crippen molar-refractivity contribution >= 4 is 40.7 Å². The van der Waals surface area contributed by atoms with E-state index < -0.39 is 7.54 Å². The van der Waals surface area contributed by atoms with Gasteiger partial charge in [0.05, 0.1) is 0 Å². The zero-order chi connectivity index (χ0) is 24.3. The van der Waals surface area contributed by atoms with Crippen molar-refractivity contribution in [3.63, 3.8) is 0 Å². The van der Waals surface area contributed by atoms with E-state index in [1.807, 2.05) is 11.3 Å². The summed E-state index contributed by atoms with van der Waals surface area (Å²) >= 11 is 1.86. The first kappa shape index (κ1) is 27.8. The lowest BCUT2D eigenvalue weighted by atomic mass is 10.1. The molecule has 1 aromatic heterocycles. The second-order valence-electron chi connectivity index (χ2n) is 7.72. The third-order valence-electron chi connectivity index (χ3n) is 5.10. The van der Waals surface area contributed by atoms with Gasteiger partial charge in [0.2, 0.25) is 20.9 Å². The Morgan fingerprint density at radius 3 is 2.11 bits per heavy atom. The van der Waals surface area contributed by atoms with Crippen LogP contribution in [0.5, 0.6) is 0 Å². The average molecular weight is 495 g/mol. The summed E-state index contributed by atoms with van der Waals surface area (Å²) in [5, 5.41) is 1.34. The highest BCUT2D eigenvalue weighted by atomic mass is 32.1. The Morgan fingerprint density at radius 2 is 1.46 bits per heavy atom. The average Bonchev–Trinajstić information content (AvgIpc) is 2.84. The fourth-order valence-corrected chi connectivity index (χ4v) is 4.59. The third kappa shape index (κ3) is 8.69. The molecule has 1 heterocycles. The van der Waals surface area contributed by atoms with Crippen molar-refractivity contribution in [1.82, 2.24) is 0 Å². The number of halogens is 4. The molecule has 0 saturated heterocycles. The first-order chi connectivity index (χ1) is 16.4. The van der Waals surface area contributed by atoms with E-state index in [-0.39, 0.29) is 4.70 Å².